The Hall–Kier alpha value is -1.33. The zero-order chi connectivity index (χ0) is 15.8. The van der Waals surface area contributed by atoms with E-state index in [-0.39, 0.29) is 29.5 Å². The van der Waals surface area contributed by atoms with Crippen molar-refractivity contribution >= 4 is 18.3 Å². The summed E-state index contributed by atoms with van der Waals surface area (Å²) < 4.78 is 18.2. The number of rotatable bonds is 7. The maximum Gasteiger partial charge on any atom is 0.220 e. The third-order valence-corrected chi connectivity index (χ3v) is 4.15. The van der Waals surface area contributed by atoms with Gasteiger partial charge in [0.25, 0.3) is 0 Å². The summed E-state index contributed by atoms with van der Waals surface area (Å²) in [6.07, 6.45) is 3.30. The first-order valence-corrected chi connectivity index (χ1v) is 7.93. The predicted molar refractivity (Wildman–Crippen MR) is 91.6 cm³/mol. The summed E-state index contributed by atoms with van der Waals surface area (Å²) >= 11 is 0. The van der Waals surface area contributed by atoms with Crippen LogP contribution in [0, 0.1) is 11.2 Å². The highest BCUT2D eigenvalue weighted by Gasteiger charge is 2.26. The molecule has 1 heterocycles. The second-order valence-corrected chi connectivity index (χ2v) is 6.24. The topological polar surface area (TPSA) is 50.4 Å². The van der Waals surface area contributed by atoms with Crippen LogP contribution in [0.25, 0.3) is 0 Å². The Balaban J connectivity index is 0.00000264. The summed E-state index contributed by atoms with van der Waals surface area (Å²) in [7, 11) is 0. The van der Waals surface area contributed by atoms with E-state index >= 15 is 0 Å². The molecule has 130 valence electrons. The summed E-state index contributed by atoms with van der Waals surface area (Å²) in [5.41, 5.74) is 0.214. The van der Waals surface area contributed by atoms with E-state index < -0.39 is 0 Å². The van der Waals surface area contributed by atoms with Crippen LogP contribution in [0.4, 0.5) is 4.39 Å². The lowest BCUT2D eigenvalue weighted by Crippen LogP contribution is -2.42. The molecule has 0 radical (unpaired) electrons. The molecule has 0 saturated carbocycles. The van der Waals surface area contributed by atoms with Gasteiger partial charge in [-0.25, -0.2) is 4.39 Å². The Labute approximate surface area is 143 Å². The molecule has 23 heavy (non-hydrogen) atoms. The second-order valence-electron chi connectivity index (χ2n) is 6.24. The molecule has 2 N–H and O–H groups in total. The van der Waals surface area contributed by atoms with Crippen molar-refractivity contribution < 1.29 is 13.9 Å². The van der Waals surface area contributed by atoms with Gasteiger partial charge >= 0.3 is 0 Å². The van der Waals surface area contributed by atoms with Gasteiger partial charge < -0.3 is 15.4 Å². The Kier molecular flexibility index (Phi) is 8.34. The number of nitrogens with one attached hydrogen (secondary N) is 2. The number of piperidine rings is 1. The number of ether oxygens (including phenoxy) is 1. The highest BCUT2D eigenvalue weighted by Crippen LogP contribution is 2.26. The summed E-state index contributed by atoms with van der Waals surface area (Å²) in [5, 5.41) is 6.36. The molecule has 1 aliphatic heterocycles. The normalized spacial score (nSPS) is 16.3. The summed E-state index contributed by atoms with van der Waals surface area (Å²) in [6, 6.07) is 5.91. The van der Waals surface area contributed by atoms with E-state index in [0.717, 1.165) is 32.5 Å². The minimum atomic E-state index is -0.280. The monoisotopic (exact) mass is 344 g/mol. The summed E-state index contributed by atoms with van der Waals surface area (Å²) in [6.45, 7) is 5.48. The smallest absolute Gasteiger partial charge is 0.220 e. The highest BCUT2D eigenvalue weighted by atomic mass is 35.5. The van der Waals surface area contributed by atoms with E-state index in [2.05, 4.69) is 17.6 Å². The Morgan fingerprint density at radius 3 is 2.61 bits per heavy atom. The molecule has 0 spiro atoms. The molecule has 1 aromatic carbocycles. The number of benzene rings is 1. The van der Waals surface area contributed by atoms with Gasteiger partial charge in [0.15, 0.2) is 0 Å². The zero-order valence-electron chi connectivity index (χ0n) is 13.6. The molecule has 0 aliphatic carbocycles. The van der Waals surface area contributed by atoms with Crippen molar-refractivity contribution in [3.05, 3.63) is 30.1 Å². The van der Waals surface area contributed by atoms with Crippen molar-refractivity contribution in [1.29, 1.82) is 0 Å². The lowest BCUT2D eigenvalue weighted by molar-refractivity contribution is -0.121. The molecule has 2 rings (SSSR count). The Morgan fingerprint density at radius 2 is 1.96 bits per heavy atom. The van der Waals surface area contributed by atoms with Gasteiger partial charge in [0, 0.05) is 13.0 Å². The molecule has 0 unspecified atom stereocenters. The first-order chi connectivity index (χ1) is 10.6. The molecule has 1 aliphatic rings. The van der Waals surface area contributed by atoms with Crippen molar-refractivity contribution in [3.63, 3.8) is 0 Å². The van der Waals surface area contributed by atoms with Gasteiger partial charge in [0.05, 0.1) is 6.61 Å². The predicted octanol–water partition coefficient (Wildman–Crippen LogP) is 2.91. The molecule has 0 atom stereocenters. The molecule has 4 nitrogen and oxygen atoms in total. The van der Waals surface area contributed by atoms with Gasteiger partial charge in [0.1, 0.15) is 11.6 Å². The second kappa shape index (κ2) is 9.73. The molecule has 1 saturated heterocycles. The van der Waals surface area contributed by atoms with Crippen molar-refractivity contribution in [2.24, 2.45) is 5.41 Å². The zero-order valence-corrected chi connectivity index (χ0v) is 14.4. The molecule has 1 amide bonds. The fourth-order valence-electron chi connectivity index (χ4n) is 2.56. The number of hydrogen-bond donors (Lipinski definition) is 2. The van der Waals surface area contributed by atoms with Gasteiger partial charge in [-0.1, -0.05) is 6.92 Å². The minimum Gasteiger partial charge on any atom is -0.494 e. The quantitative estimate of drug-likeness (QED) is 0.748. The number of carbonyl (C=O) groups excluding carboxylic acids is 1. The largest absolute Gasteiger partial charge is 0.494 e. The fourth-order valence-corrected chi connectivity index (χ4v) is 2.56. The molecular weight excluding hydrogens is 319 g/mol. The summed E-state index contributed by atoms with van der Waals surface area (Å²) in [5.74, 6) is 0.421. The van der Waals surface area contributed by atoms with Crippen LogP contribution < -0.4 is 15.4 Å². The molecule has 0 bridgehead atoms. The maximum absolute atomic E-state index is 12.7. The molecule has 1 aromatic rings. The third-order valence-electron chi connectivity index (χ3n) is 4.15. The van der Waals surface area contributed by atoms with Crippen LogP contribution in [0.2, 0.25) is 0 Å². The van der Waals surface area contributed by atoms with Crippen LogP contribution in [-0.2, 0) is 4.79 Å². The van der Waals surface area contributed by atoms with Crippen LogP contribution in [0.1, 0.15) is 32.6 Å². The van der Waals surface area contributed by atoms with E-state index in [1.165, 1.54) is 12.1 Å². The minimum absolute atomic E-state index is 0. The van der Waals surface area contributed by atoms with Gasteiger partial charge in [-0.15, -0.1) is 12.4 Å². The van der Waals surface area contributed by atoms with E-state index in [0.29, 0.717) is 25.2 Å². The van der Waals surface area contributed by atoms with E-state index in [9.17, 15) is 9.18 Å². The van der Waals surface area contributed by atoms with Crippen LogP contribution in [0.15, 0.2) is 24.3 Å². The van der Waals surface area contributed by atoms with Gasteiger partial charge in [0.2, 0.25) is 5.91 Å². The average Bonchev–Trinajstić information content (AvgIpc) is 2.52. The SMILES string of the molecule is CC1(CNC(=O)CCCOc2ccc(F)cc2)CCNCC1.Cl. The molecule has 1 fully saturated rings. The standard InChI is InChI=1S/C17H25FN2O2.ClH/c1-17(8-10-19-11-9-17)13-20-16(21)3-2-12-22-15-6-4-14(18)5-7-15;/h4-7,19H,2-3,8-13H2,1H3,(H,20,21);1H. The first-order valence-electron chi connectivity index (χ1n) is 7.93. The highest BCUT2D eigenvalue weighted by molar-refractivity contribution is 5.85. The van der Waals surface area contributed by atoms with Crippen molar-refractivity contribution in [3.8, 4) is 5.75 Å². The van der Waals surface area contributed by atoms with Gasteiger partial charge in [-0.2, -0.15) is 0 Å². The third kappa shape index (κ3) is 7.18. The fraction of sp³-hybridized carbons (Fsp3) is 0.588. The van der Waals surface area contributed by atoms with Crippen LogP contribution in [0.5, 0.6) is 5.75 Å². The molecular formula is C17H26ClFN2O2. The van der Waals surface area contributed by atoms with Gasteiger partial charge in [-0.3, -0.25) is 4.79 Å². The first kappa shape index (κ1) is 19.7. The number of carbonyl (C=O) groups is 1. The number of amides is 1. The number of halogens is 2. The molecule has 0 aromatic heterocycles. The van der Waals surface area contributed by atoms with Crippen molar-refractivity contribution in [2.45, 2.75) is 32.6 Å². The maximum atomic E-state index is 12.7. The van der Waals surface area contributed by atoms with Crippen molar-refractivity contribution in [2.75, 3.05) is 26.2 Å². The Bertz CT molecular complexity index is 476. The van der Waals surface area contributed by atoms with Crippen LogP contribution >= 0.6 is 12.4 Å². The van der Waals surface area contributed by atoms with Crippen LogP contribution in [0.3, 0.4) is 0 Å². The lowest BCUT2D eigenvalue weighted by atomic mass is 9.81. The van der Waals surface area contributed by atoms with E-state index in [1.54, 1.807) is 12.1 Å². The van der Waals surface area contributed by atoms with E-state index in [1.807, 2.05) is 0 Å². The van der Waals surface area contributed by atoms with Crippen molar-refractivity contribution in [1.82, 2.24) is 10.6 Å². The Morgan fingerprint density at radius 1 is 1.30 bits per heavy atom. The lowest BCUT2D eigenvalue weighted by Gasteiger charge is -2.34. The average molecular weight is 345 g/mol. The number of hydrogen-bond acceptors (Lipinski definition) is 3. The van der Waals surface area contributed by atoms with Gasteiger partial charge in [-0.05, 0) is 62.0 Å². The summed E-state index contributed by atoms with van der Waals surface area (Å²) in [4.78, 5) is 11.9. The van der Waals surface area contributed by atoms with E-state index in [4.69, 9.17) is 4.74 Å². The van der Waals surface area contributed by atoms with Crippen LogP contribution in [-0.4, -0.2) is 32.1 Å². The molecule has 6 heteroatoms.